The van der Waals surface area contributed by atoms with Gasteiger partial charge in [0.1, 0.15) is 12.3 Å². The molecular formula is C14H24N2O4. The molecule has 1 spiro atoms. The van der Waals surface area contributed by atoms with Gasteiger partial charge in [-0.15, -0.1) is 0 Å². The molecule has 0 atom stereocenters. The molecule has 0 aromatic carbocycles. The minimum absolute atomic E-state index is 0.0493. The maximum atomic E-state index is 11.8. The van der Waals surface area contributed by atoms with Gasteiger partial charge in [-0.1, -0.05) is 0 Å². The van der Waals surface area contributed by atoms with Gasteiger partial charge in [0, 0.05) is 31.5 Å². The van der Waals surface area contributed by atoms with Gasteiger partial charge < -0.3 is 19.7 Å². The first-order valence-electron chi connectivity index (χ1n) is 6.99. The van der Waals surface area contributed by atoms with E-state index >= 15 is 0 Å². The summed E-state index contributed by atoms with van der Waals surface area (Å²) in [6.45, 7) is 7.25. The van der Waals surface area contributed by atoms with Crippen molar-refractivity contribution in [2.75, 3.05) is 26.9 Å². The van der Waals surface area contributed by atoms with E-state index in [0.29, 0.717) is 13.1 Å². The van der Waals surface area contributed by atoms with E-state index < -0.39 is 5.60 Å². The summed E-state index contributed by atoms with van der Waals surface area (Å²) in [5, 5.41) is 2.72. The molecule has 0 unspecified atom stereocenters. The zero-order valence-corrected chi connectivity index (χ0v) is 12.7. The topological polar surface area (TPSA) is 67.9 Å². The Hall–Kier alpha value is -1.30. The fourth-order valence-electron chi connectivity index (χ4n) is 2.94. The molecule has 0 aromatic rings. The first kappa shape index (κ1) is 15.1. The average Bonchev–Trinajstić information content (AvgIpc) is 2.19. The van der Waals surface area contributed by atoms with Crippen LogP contribution in [0.4, 0.5) is 4.79 Å². The lowest BCUT2D eigenvalue weighted by molar-refractivity contribution is -0.144. The van der Waals surface area contributed by atoms with Crippen LogP contribution in [0.1, 0.15) is 33.6 Å². The summed E-state index contributed by atoms with van der Waals surface area (Å²) in [5.41, 5.74) is -0.312. The SMILES string of the molecule is COCNC(=O)C1CC2(C1)CN(C(=O)OC(C)(C)C)C2. The van der Waals surface area contributed by atoms with Gasteiger partial charge in [0.2, 0.25) is 5.91 Å². The van der Waals surface area contributed by atoms with Crippen molar-refractivity contribution in [1.82, 2.24) is 10.2 Å². The van der Waals surface area contributed by atoms with Crippen molar-refractivity contribution in [1.29, 1.82) is 0 Å². The maximum Gasteiger partial charge on any atom is 0.410 e. The van der Waals surface area contributed by atoms with E-state index in [1.54, 1.807) is 12.0 Å². The number of methoxy groups -OCH3 is 1. The second-order valence-electron chi connectivity index (χ2n) is 6.92. The third-order valence-corrected chi connectivity index (χ3v) is 3.82. The molecule has 6 nitrogen and oxygen atoms in total. The van der Waals surface area contributed by atoms with Crippen LogP contribution in [0.5, 0.6) is 0 Å². The Morgan fingerprint density at radius 2 is 1.90 bits per heavy atom. The maximum absolute atomic E-state index is 11.8. The van der Waals surface area contributed by atoms with Crippen LogP contribution in [0, 0.1) is 11.3 Å². The number of ether oxygens (including phenoxy) is 2. The summed E-state index contributed by atoms with van der Waals surface area (Å²) in [7, 11) is 1.55. The molecule has 1 saturated carbocycles. The Bertz CT molecular complexity index is 388. The molecule has 114 valence electrons. The summed E-state index contributed by atoms with van der Waals surface area (Å²) in [6.07, 6.45) is 1.44. The van der Waals surface area contributed by atoms with Crippen molar-refractivity contribution in [3.05, 3.63) is 0 Å². The second-order valence-corrected chi connectivity index (χ2v) is 6.92. The molecule has 1 aliphatic heterocycles. The van der Waals surface area contributed by atoms with Crippen LogP contribution in [0.15, 0.2) is 0 Å². The molecule has 0 radical (unpaired) electrons. The van der Waals surface area contributed by atoms with Gasteiger partial charge in [0.15, 0.2) is 0 Å². The minimum Gasteiger partial charge on any atom is -0.444 e. The number of nitrogens with one attached hydrogen (secondary N) is 1. The Kier molecular flexibility index (Phi) is 3.95. The number of carbonyl (C=O) groups excluding carboxylic acids is 2. The summed E-state index contributed by atoms with van der Waals surface area (Å²) < 4.78 is 10.1. The Morgan fingerprint density at radius 3 is 2.40 bits per heavy atom. The minimum atomic E-state index is -0.456. The summed E-state index contributed by atoms with van der Waals surface area (Å²) in [6, 6.07) is 0. The molecular weight excluding hydrogens is 260 g/mol. The number of rotatable bonds is 3. The van der Waals surface area contributed by atoms with Gasteiger partial charge in [-0.05, 0) is 33.6 Å². The highest BCUT2D eigenvalue weighted by Crippen LogP contribution is 2.52. The zero-order chi connectivity index (χ0) is 15.0. The largest absolute Gasteiger partial charge is 0.444 e. The smallest absolute Gasteiger partial charge is 0.410 e. The van der Waals surface area contributed by atoms with E-state index in [4.69, 9.17) is 9.47 Å². The first-order valence-corrected chi connectivity index (χ1v) is 6.99. The third-order valence-electron chi connectivity index (χ3n) is 3.82. The fraction of sp³-hybridized carbons (Fsp3) is 0.857. The van der Waals surface area contributed by atoms with E-state index in [1.165, 1.54) is 0 Å². The summed E-state index contributed by atoms with van der Waals surface area (Å²) in [5.74, 6) is 0.110. The highest BCUT2D eigenvalue weighted by atomic mass is 16.6. The van der Waals surface area contributed by atoms with Crippen LogP contribution in [-0.4, -0.2) is 49.4 Å². The molecule has 6 heteroatoms. The normalized spacial score (nSPS) is 21.1. The standard InChI is InChI=1S/C14H24N2O4/c1-13(2,3)20-12(18)16-7-14(8-16)5-10(6-14)11(17)15-9-19-4/h10H,5-9H2,1-4H3,(H,15,17). The van der Waals surface area contributed by atoms with Crippen LogP contribution in [0.2, 0.25) is 0 Å². The molecule has 2 aliphatic rings. The lowest BCUT2D eigenvalue weighted by Crippen LogP contribution is -2.65. The summed E-state index contributed by atoms with van der Waals surface area (Å²) >= 11 is 0. The second kappa shape index (κ2) is 5.24. The van der Waals surface area contributed by atoms with Crippen LogP contribution in [0.25, 0.3) is 0 Å². The summed E-state index contributed by atoms with van der Waals surface area (Å²) in [4.78, 5) is 25.3. The van der Waals surface area contributed by atoms with E-state index in [-0.39, 0.29) is 30.1 Å². The molecule has 0 bridgehead atoms. The van der Waals surface area contributed by atoms with Gasteiger partial charge in [-0.2, -0.15) is 0 Å². The predicted molar refractivity (Wildman–Crippen MR) is 73.0 cm³/mol. The van der Waals surface area contributed by atoms with Gasteiger partial charge in [0.25, 0.3) is 0 Å². The van der Waals surface area contributed by atoms with Gasteiger partial charge >= 0.3 is 6.09 Å². The van der Waals surface area contributed by atoms with E-state index in [0.717, 1.165) is 12.8 Å². The van der Waals surface area contributed by atoms with Crippen molar-refractivity contribution in [3.8, 4) is 0 Å². The average molecular weight is 284 g/mol. The number of likely N-dealkylation sites (tertiary alicyclic amines) is 1. The number of hydrogen-bond acceptors (Lipinski definition) is 4. The van der Waals surface area contributed by atoms with Gasteiger partial charge in [0.05, 0.1) is 0 Å². The molecule has 1 aliphatic carbocycles. The fourth-order valence-corrected chi connectivity index (χ4v) is 2.94. The number of nitrogens with zero attached hydrogens (tertiary/aromatic N) is 1. The highest BCUT2D eigenvalue weighted by Gasteiger charge is 2.56. The van der Waals surface area contributed by atoms with Crippen LogP contribution >= 0.6 is 0 Å². The van der Waals surface area contributed by atoms with Crippen LogP contribution in [0.3, 0.4) is 0 Å². The Balaban J connectivity index is 1.70. The third kappa shape index (κ3) is 3.23. The van der Waals surface area contributed by atoms with Gasteiger partial charge in [-0.3, -0.25) is 4.79 Å². The predicted octanol–water partition coefficient (Wildman–Crippen LogP) is 1.35. The van der Waals surface area contributed by atoms with Crippen molar-refractivity contribution < 1.29 is 19.1 Å². The molecule has 20 heavy (non-hydrogen) atoms. The molecule has 2 fully saturated rings. The monoisotopic (exact) mass is 284 g/mol. The Labute approximate surface area is 119 Å². The lowest BCUT2D eigenvalue weighted by atomic mass is 9.57. The number of carbonyl (C=O) groups is 2. The molecule has 1 heterocycles. The van der Waals surface area contributed by atoms with Crippen LogP contribution < -0.4 is 5.32 Å². The van der Waals surface area contributed by atoms with Crippen molar-refractivity contribution in [3.63, 3.8) is 0 Å². The van der Waals surface area contributed by atoms with Crippen molar-refractivity contribution in [2.24, 2.45) is 11.3 Å². The first-order chi connectivity index (χ1) is 9.25. The van der Waals surface area contributed by atoms with Crippen molar-refractivity contribution >= 4 is 12.0 Å². The van der Waals surface area contributed by atoms with E-state index in [2.05, 4.69) is 5.32 Å². The number of hydrogen-bond donors (Lipinski definition) is 1. The molecule has 1 N–H and O–H groups in total. The van der Waals surface area contributed by atoms with Crippen LogP contribution in [-0.2, 0) is 14.3 Å². The van der Waals surface area contributed by atoms with E-state index in [9.17, 15) is 9.59 Å². The Morgan fingerprint density at radius 1 is 1.30 bits per heavy atom. The number of amides is 2. The highest BCUT2D eigenvalue weighted by molar-refractivity contribution is 5.80. The molecule has 2 amide bonds. The van der Waals surface area contributed by atoms with E-state index in [1.807, 2.05) is 20.8 Å². The quantitative estimate of drug-likeness (QED) is 0.794. The molecule has 2 rings (SSSR count). The molecule has 0 aromatic heterocycles. The van der Waals surface area contributed by atoms with Crippen molar-refractivity contribution in [2.45, 2.75) is 39.2 Å². The van der Waals surface area contributed by atoms with Gasteiger partial charge in [-0.25, -0.2) is 4.79 Å². The zero-order valence-electron chi connectivity index (χ0n) is 12.7. The lowest BCUT2D eigenvalue weighted by Gasteiger charge is -2.58. The molecule has 1 saturated heterocycles.